The lowest BCUT2D eigenvalue weighted by molar-refractivity contribution is -0.112. The topological polar surface area (TPSA) is 167 Å². The summed E-state index contributed by atoms with van der Waals surface area (Å²) < 4.78 is 19.0. The van der Waals surface area contributed by atoms with Gasteiger partial charge in [0.25, 0.3) is 0 Å². The fraction of sp³-hybridized carbons (Fsp3) is 0.267. The Labute approximate surface area is 359 Å². The van der Waals surface area contributed by atoms with E-state index >= 15 is 0 Å². The van der Waals surface area contributed by atoms with Gasteiger partial charge in [-0.05, 0) is 68.3 Å². The molecule has 4 aromatic heterocycles. The lowest BCUT2D eigenvalue weighted by Crippen LogP contribution is -2.50. The number of piperazine rings is 2. The van der Waals surface area contributed by atoms with Crippen LogP contribution in [0.15, 0.2) is 115 Å². The molecule has 14 nitrogen and oxygen atoms in total. The molecule has 61 heavy (non-hydrogen) atoms. The molecule has 8 rings (SSSR count). The van der Waals surface area contributed by atoms with Crippen LogP contribution in [0.4, 0.5) is 27.9 Å². The van der Waals surface area contributed by atoms with Crippen LogP contribution in [0.2, 0.25) is 0 Å². The van der Waals surface area contributed by atoms with E-state index in [1.54, 1.807) is 17.0 Å². The first-order chi connectivity index (χ1) is 29.3. The van der Waals surface area contributed by atoms with Crippen molar-refractivity contribution in [2.75, 3.05) is 72.8 Å². The summed E-state index contributed by atoms with van der Waals surface area (Å²) in [4.78, 5) is 66.7. The van der Waals surface area contributed by atoms with Gasteiger partial charge in [0.05, 0.1) is 0 Å². The molecular weight excluding hydrogens is 817 g/mol. The van der Waals surface area contributed by atoms with Crippen molar-refractivity contribution in [2.24, 2.45) is 0 Å². The van der Waals surface area contributed by atoms with Crippen molar-refractivity contribution < 1.29 is 28.0 Å². The van der Waals surface area contributed by atoms with E-state index in [2.05, 4.69) is 34.0 Å². The maximum atomic E-state index is 12.8. The highest BCUT2D eigenvalue weighted by Crippen LogP contribution is 2.37. The van der Waals surface area contributed by atoms with Crippen LogP contribution < -0.4 is 36.6 Å². The van der Waals surface area contributed by atoms with Crippen LogP contribution in [-0.2, 0) is 14.3 Å². The lowest BCUT2D eigenvalue weighted by atomic mass is 10.1. The number of anilines is 4. The van der Waals surface area contributed by atoms with E-state index in [1.165, 1.54) is 40.9 Å². The van der Waals surface area contributed by atoms with Gasteiger partial charge in [0.2, 0.25) is 22.7 Å². The second-order valence-electron chi connectivity index (χ2n) is 15.3. The molecule has 0 unspecified atom stereocenters. The second kappa shape index (κ2) is 18.4. The Kier molecular flexibility index (Phi) is 12.9. The van der Waals surface area contributed by atoms with Gasteiger partial charge in [-0.15, -0.1) is 22.7 Å². The molecule has 0 saturated carbocycles. The third kappa shape index (κ3) is 10.1. The average molecular weight is 863 g/mol. The zero-order chi connectivity index (χ0) is 43.3. The van der Waals surface area contributed by atoms with Gasteiger partial charge in [-0.1, -0.05) is 37.4 Å². The number of nitrogens with zero attached hydrogens (tertiary/aromatic N) is 3. The number of thiophene rings is 2. The summed E-state index contributed by atoms with van der Waals surface area (Å²) in [5.74, 6) is 0.503. The number of fused-ring (bicyclic) bond motifs is 2. The third-order valence-electron chi connectivity index (χ3n) is 9.79. The van der Waals surface area contributed by atoms with E-state index < -0.39 is 5.60 Å². The van der Waals surface area contributed by atoms with E-state index in [9.17, 15) is 24.0 Å². The minimum absolute atomic E-state index is 0.0304. The Morgan fingerprint density at radius 2 is 1.16 bits per heavy atom. The van der Waals surface area contributed by atoms with Gasteiger partial charge < -0.3 is 44.2 Å². The first-order valence-corrected chi connectivity index (χ1v) is 21.4. The fourth-order valence-corrected chi connectivity index (χ4v) is 8.63. The minimum Gasteiger partial charge on any atom is -0.444 e. The number of nitrogens with one attached hydrogen (secondary N) is 3. The summed E-state index contributed by atoms with van der Waals surface area (Å²) in [6, 6.07) is 17.9. The largest absolute Gasteiger partial charge is 0.444 e. The summed E-state index contributed by atoms with van der Waals surface area (Å²) in [5.41, 5.74) is 5.02. The van der Waals surface area contributed by atoms with E-state index in [0.29, 0.717) is 69.9 Å². The molecule has 0 bridgehead atoms. The highest BCUT2D eigenvalue weighted by Gasteiger charge is 2.28. The molecular formula is C45H46N6O8S2. The Morgan fingerprint density at radius 1 is 0.705 bits per heavy atom. The summed E-state index contributed by atoms with van der Waals surface area (Å²) in [6.45, 7) is 17.8. The van der Waals surface area contributed by atoms with Crippen LogP contribution in [-0.4, -0.2) is 80.8 Å². The number of benzene rings is 2. The highest BCUT2D eigenvalue weighted by molar-refractivity contribution is 7.18. The third-order valence-corrected chi connectivity index (χ3v) is 11.7. The number of rotatable bonds is 8. The molecule has 3 amide bonds. The SMILES string of the molecule is C=CC(=O)Nc1cccc(-c2csc3c(=O)cc(N4CCN(C(=O)OC(C)(C)C)CC4)oc23)c1.C=CC(=O)Nc1cccc(-c2csc3c(=O)cc(N4CCNCC4)oc23)c1. The van der Waals surface area contributed by atoms with Crippen molar-refractivity contribution in [1.29, 1.82) is 0 Å². The van der Waals surface area contributed by atoms with Gasteiger partial charge >= 0.3 is 6.09 Å². The number of carbonyl (C=O) groups excluding carboxylic acids is 3. The molecule has 0 atom stereocenters. The summed E-state index contributed by atoms with van der Waals surface area (Å²) in [6.07, 6.45) is 2.10. The van der Waals surface area contributed by atoms with Crippen molar-refractivity contribution in [3.05, 3.63) is 117 Å². The second-order valence-corrected chi connectivity index (χ2v) is 17.0. The minimum atomic E-state index is -0.548. The lowest BCUT2D eigenvalue weighted by Gasteiger charge is -2.35. The predicted molar refractivity (Wildman–Crippen MR) is 244 cm³/mol. The van der Waals surface area contributed by atoms with Gasteiger partial charge in [-0.25, -0.2) is 4.79 Å². The molecule has 3 N–H and O–H groups in total. The maximum absolute atomic E-state index is 12.8. The fourth-order valence-electron chi connectivity index (χ4n) is 6.81. The number of carbonyl (C=O) groups is 3. The normalized spacial score (nSPS) is 14.2. The van der Waals surface area contributed by atoms with Crippen LogP contribution >= 0.6 is 22.7 Å². The van der Waals surface area contributed by atoms with E-state index in [4.69, 9.17) is 13.6 Å². The van der Waals surface area contributed by atoms with Gasteiger partial charge in [0.15, 0.2) is 22.9 Å². The Hall–Kier alpha value is -6.49. The molecule has 0 spiro atoms. The molecule has 0 aliphatic carbocycles. The zero-order valence-corrected chi connectivity index (χ0v) is 35.7. The summed E-state index contributed by atoms with van der Waals surface area (Å²) in [7, 11) is 0. The average Bonchev–Trinajstić information content (AvgIpc) is 3.90. The molecule has 2 aromatic carbocycles. The van der Waals surface area contributed by atoms with E-state index in [0.717, 1.165) is 48.4 Å². The zero-order valence-electron chi connectivity index (χ0n) is 34.1. The van der Waals surface area contributed by atoms with Crippen molar-refractivity contribution in [1.82, 2.24) is 10.2 Å². The van der Waals surface area contributed by atoms with Gasteiger partial charge in [-0.3, -0.25) is 19.2 Å². The van der Waals surface area contributed by atoms with Crippen molar-refractivity contribution in [3.8, 4) is 22.3 Å². The van der Waals surface area contributed by atoms with Crippen LogP contribution in [0.5, 0.6) is 0 Å². The number of hydrogen-bond donors (Lipinski definition) is 3. The summed E-state index contributed by atoms with van der Waals surface area (Å²) in [5, 5.41) is 12.6. The molecule has 0 radical (unpaired) electrons. The van der Waals surface area contributed by atoms with E-state index in [1.807, 2.05) is 78.9 Å². The predicted octanol–water partition coefficient (Wildman–Crippen LogP) is 7.76. The van der Waals surface area contributed by atoms with Crippen LogP contribution in [0.1, 0.15) is 20.8 Å². The first-order valence-electron chi connectivity index (χ1n) is 19.7. The molecule has 2 fully saturated rings. The smallest absolute Gasteiger partial charge is 0.410 e. The quantitative estimate of drug-likeness (QED) is 0.128. The van der Waals surface area contributed by atoms with Crippen LogP contribution in [0.25, 0.3) is 42.8 Å². The monoisotopic (exact) mass is 862 g/mol. The number of amides is 3. The van der Waals surface area contributed by atoms with Crippen molar-refractivity contribution in [3.63, 3.8) is 0 Å². The first kappa shape index (κ1) is 42.6. The maximum Gasteiger partial charge on any atom is 0.410 e. The molecule has 6 aromatic rings. The van der Waals surface area contributed by atoms with Gasteiger partial charge in [0, 0.05) is 97.8 Å². The van der Waals surface area contributed by atoms with Crippen molar-refractivity contribution in [2.45, 2.75) is 26.4 Å². The Balaban J connectivity index is 0.000000189. The Morgan fingerprint density at radius 3 is 1.61 bits per heavy atom. The number of ether oxygens (including phenoxy) is 1. The molecule has 6 heterocycles. The molecule has 316 valence electrons. The van der Waals surface area contributed by atoms with Gasteiger partial charge in [0.1, 0.15) is 15.0 Å². The molecule has 2 aliphatic rings. The molecule has 2 saturated heterocycles. The molecule has 2 aliphatic heterocycles. The van der Waals surface area contributed by atoms with E-state index in [-0.39, 0.29) is 28.8 Å². The molecule has 16 heteroatoms. The van der Waals surface area contributed by atoms with Crippen LogP contribution in [0.3, 0.4) is 0 Å². The van der Waals surface area contributed by atoms with Gasteiger partial charge in [-0.2, -0.15) is 0 Å². The van der Waals surface area contributed by atoms with Crippen LogP contribution in [0, 0.1) is 0 Å². The highest BCUT2D eigenvalue weighted by atomic mass is 32.1. The number of hydrogen-bond acceptors (Lipinski definition) is 13. The standard InChI is InChI=1S/C25H27N3O5S.C20H19N3O3S/c1-5-20(30)26-17-8-6-7-16(13-17)18-15-34-23-19(29)14-21(32-22(18)23)27-9-11-28(12-10-27)24(31)33-25(2,3)4;1-2-17(25)22-14-5-3-4-13(10-14)15-12-27-20-16(24)11-18(26-19(15)20)23-8-6-21-7-9-23/h5-8,13-15H,1,9-12H2,2-4H3,(H,26,30);2-5,10-12,21H,1,6-9H2,(H,22,25). The summed E-state index contributed by atoms with van der Waals surface area (Å²) >= 11 is 2.70. The van der Waals surface area contributed by atoms with Crippen molar-refractivity contribution >= 4 is 84.3 Å². The Bertz CT molecular complexity index is 2730.